The minimum absolute atomic E-state index is 0.0162. The molecule has 1 aromatic carbocycles. The lowest BCUT2D eigenvalue weighted by atomic mass is 10.1. The first-order valence-electron chi connectivity index (χ1n) is 7.80. The van der Waals surface area contributed by atoms with E-state index in [0.717, 1.165) is 5.56 Å². The van der Waals surface area contributed by atoms with Gasteiger partial charge in [0.25, 0.3) is 5.91 Å². The van der Waals surface area contributed by atoms with Gasteiger partial charge in [-0.05, 0) is 17.7 Å². The highest BCUT2D eigenvalue weighted by molar-refractivity contribution is 5.93. The van der Waals surface area contributed by atoms with Crippen LogP contribution in [0.15, 0.2) is 29.3 Å². The zero-order valence-electron chi connectivity index (χ0n) is 15.1. The summed E-state index contributed by atoms with van der Waals surface area (Å²) in [6, 6.07) is 7.44. The number of carbonyl (C=O) groups excluding carboxylic acids is 2. The molecule has 7 heteroatoms. The van der Waals surface area contributed by atoms with E-state index in [0.29, 0.717) is 31.0 Å². The van der Waals surface area contributed by atoms with Crippen LogP contribution in [-0.4, -0.2) is 69.4 Å². The van der Waals surface area contributed by atoms with Crippen molar-refractivity contribution in [2.24, 2.45) is 4.99 Å². The molecule has 0 aliphatic carbocycles. The Morgan fingerprint density at radius 3 is 2.12 bits per heavy atom. The molecule has 0 saturated carbocycles. The predicted octanol–water partition coefficient (Wildman–Crippen LogP) is 0.532. The van der Waals surface area contributed by atoms with Gasteiger partial charge in [0.05, 0.1) is 0 Å². The molecule has 0 spiro atoms. The lowest BCUT2D eigenvalue weighted by molar-refractivity contribution is -0.128. The Labute approximate surface area is 143 Å². The quantitative estimate of drug-likeness (QED) is 0.588. The van der Waals surface area contributed by atoms with Crippen molar-refractivity contribution >= 4 is 17.8 Å². The van der Waals surface area contributed by atoms with Crippen LogP contribution < -0.4 is 10.6 Å². The van der Waals surface area contributed by atoms with Crippen LogP contribution in [0.4, 0.5) is 0 Å². The first-order chi connectivity index (χ1) is 11.3. The Morgan fingerprint density at radius 1 is 1.00 bits per heavy atom. The van der Waals surface area contributed by atoms with E-state index in [1.54, 1.807) is 45.0 Å². The number of benzene rings is 1. The molecule has 0 aliphatic heterocycles. The van der Waals surface area contributed by atoms with Crippen LogP contribution in [-0.2, 0) is 11.3 Å². The van der Waals surface area contributed by atoms with Crippen molar-refractivity contribution in [3.8, 4) is 0 Å². The summed E-state index contributed by atoms with van der Waals surface area (Å²) in [7, 11) is 8.62. The maximum atomic E-state index is 11.8. The maximum absolute atomic E-state index is 11.8. The van der Waals surface area contributed by atoms with Crippen molar-refractivity contribution in [3.63, 3.8) is 0 Å². The summed E-state index contributed by atoms with van der Waals surface area (Å²) in [5.41, 5.74) is 1.70. The monoisotopic (exact) mass is 333 g/mol. The smallest absolute Gasteiger partial charge is 0.253 e. The number of carbonyl (C=O) groups is 2. The molecule has 1 aromatic rings. The number of nitrogens with zero attached hydrogens (tertiary/aromatic N) is 3. The molecule has 7 nitrogen and oxygen atoms in total. The summed E-state index contributed by atoms with van der Waals surface area (Å²) < 4.78 is 0. The molecule has 0 heterocycles. The zero-order chi connectivity index (χ0) is 18.1. The molecule has 0 fully saturated rings. The number of aliphatic imine (C=N–C) groups is 1. The van der Waals surface area contributed by atoms with Crippen LogP contribution in [0.3, 0.4) is 0 Å². The molecule has 0 radical (unpaired) electrons. The minimum atomic E-state index is -0.0162. The van der Waals surface area contributed by atoms with Crippen LogP contribution in [0.5, 0.6) is 0 Å². The van der Waals surface area contributed by atoms with Gasteiger partial charge in [-0.1, -0.05) is 12.1 Å². The highest BCUT2D eigenvalue weighted by atomic mass is 16.2. The summed E-state index contributed by atoms with van der Waals surface area (Å²) >= 11 is 0. The van der Waals surface area contributed by atoms with Gasteiger partial charge in [0.2, 0.25) is 5.91 Å². The summed E-state index contributed by atoms with van der Waals surface area (Å²) in [6.07, 6.45) is 0.412. The third kappa shape index (κ3) is 6.28. The van der Waals surface area contributed by atoms with Crippen molar-refractivity contribution in [2.75, 3.05) is 41.8 Å². The number of rotatable bonds is 6. The van der Waals surface area contributed by atoms with Crippen LogP contribution in [0.1, 0.15) is 22.3 Å². The summed E-state index contributed by atoms with van der Waals surface area (Å²) in [5.74, 6) is 0.687. The van der Waals surface area contributed by atoms with Crippen LogP contribution in [0.25, 0.3) is 0 Å². The van der Waals surface area contributed by atoms with Gasteiger partial charge >= 0.3 is 0 Å². The second-order valence-electron chi connectivity index (χ2n) is 5.79. The fourth-order valence-electron chi connectivity index (χ4n) is 1.94. The molecule has 0 atom stereocenters. The second-order valence-corrected chi connectivity index (χ2v) is 5.79. The summed E-state index contributed by atoms with van der Waals surface area (Å²) in [4.78, 5) is 30.6. The second kappa shape index (κ2) is 9.54. The van der Waals surface area contributed by atoms with Crippen LogP contribution >= 0.6 is 0 Å². The van der Waals surface area contributed by atoms with Gasteiger partial charge in [-0.25, -0.2) is 0 Å². The average Bonchev–Trinajstić information content (AvgIpc) is 2.57. The molecule has 2 N–H and O–H groups in total. The molecule has 1 rings (SSSR count). The Bertz CT molecular complexity index is 579. The molecule has 24 heavy (non-hydrogen) atoms. The van der Waals surface area contributed by atoms with E-state index in [4.69, 9.17) is 0 Å². The number of amides is 2. The van der Waals surface area contributed by atoms with E-state index in [9.17, 15) is 9.59 Å². The van der Waals surface area contributed by atoms with Gasteiger partial charge in [-0.2, -0.15) is 0 Å². The largest absolute Gasteiger partial charge is 0.356 e. The number of hydrogen-bond donors (Lipinski definition) is 2. The Morgan fingerprint density at radius 2 is 1.62 bits per heavy atom. The third-order valence-corrected chi connectivity index (χ3v) is 3.42. The molecule has 0 aliphatic rings. The van der Waals surface area contributed by atoms with E-state index in [1.165, 1.54) is 0 Å². The van der Waals surface area contributed by atoms with Gasteiger partial charge in [0.15, 0.2) is 5.96 Å². The Kier molecular flexibility index (Phi) is 7.74. The highest BCUT2D eigenvalue weighted by Crippen LogP contribution is 2.06. The molecule has 0 unspecified atom stereocenters. The fourth-order valence-corrected chi connectivity index (χ4v) is 1.94. The predicted molar refractivity (Wildman–Crippen MR) is 96.0 cm³/mol. The first-order valence-corrected chi connectivity index (χ1v) is 7.80. The van der Waals surface area contributed by atoms with Gasteiger partial charge < -0.3 is 20.4 Å². The topological polar surface area (TPSA) is 77.0 Å². The third-order valence-electron chi connectivity index (χ3n) is 3.42. The zero-order valence-corrected chi connectivity index (χ0v) is 15.1. The molecule has 2 amide bonds. The molecule has 0 aromatic heterocycles. The number of nitrogens with one attached hydrogen (secondary N) is 2. The van der Waals surface area contributed by atoms with E-state index in [1.807, 2.05) is 24.3 Å². The highest BCUT2D eigenvalue weighted by Gasteiger charge is 2.07. The average molecular weight is 333 g/mol. The van der Waals surface area contributed by atoms with Crippen LogP contribution in [0, 0.1) is 0 Å². The van der Waals surface area contributed by atoms with E-state index < -0.39 is 0 Å². The van der Waals surface area contributed by atoms with Crippen molar-refractivity contribution in [1.29, 1.82) is 0 Å². The van der Waals surface area contributed by atoms with E-state index in [-0.39, 0.29) is 11.8 Å². The SMILES string of the molecule is CN=C(NCCC(=O)N(C)C)NCc1ccc(C(=O)N(C)C)cc1. The molecule has 0 bridgehead atoms. The lowest BCUT2D eigenvalue weighted by Gasteiger charge is -2.14. The van der Waals surface area contributed by atoms with Crippen molar-refractivity contribution < 1.29 is 9.59 Å². The normalized spacial score (nSPS) is 11.0. The minimum Gasteiger partial charge on any atom is -0.356 e. The Balaban J connectivity index is 2.46. The van der Waals surface area contributed by atoms with Gasteiger partial charge in [0, 0.05) is 60.3 Å². The van der Waals surface area contributed by atoms with Gasteiger partial charge in [-0.15, -0.1) is 0 Å². The number of guanidine groups is 1. The van der Waals surface area contributed by atoms with Crippen molar-refractivity contribution in [1.82, 2.24) is 20.4 Å². The maximum Gasteiger partial charge on any atom is 0.253 e. The molecule has 132 valence electrons. The molecule has 0 saturated heterocycles. The molecular formula is C17H27N5O2. The van der Waals surface area contributed by atoms with Crippen LogP contribution in [0.2, 0.25) is 0 Å². The van der Waals surface area contributed by atoms with Crippen molar-refractivity contribution in [3.05, 3.63) is 35.4 Å². The molecular weight excluding hydrogens is 306 g/mol. The fraction of sp³-hybridized carbons (Fsp3) is 0.471. The van der Waals surface area contributed by atoms with E-state index >= 15 is 0 Å². The Hall–Kier alpha value is -2.57. The summed E-state index contributed by atoms with van der Waals surface area (Å²) in [6.45, 7) is 1.10. The standard InChI is InChI=1S/C17H27N5O2/c1-18-17(19-11-10-15(23)21(2)3)20-12-13-6-8-14(9-7-13)16(24)22(4)5/h6-9H,10-12H2,1-5H3,(H2,18,19,20). The van der Waals surface area contributed by atoms with Crippen molar-refractivity contribution in [2.45, 2.75) is 13.0 Å². The van der Waals surface area contributed by atoms with Gasteiger partial charge in [0.1, 0.15) is 0 Å². The first kappa shape index (κ1) is 19.5. The number of hydrogen-bond acceptors (Lipinski definition) is 3. The summed E-state index contributed by atoms with van der Waals surface area (Å²) in [5, 5.41) is 6.28. The van der Waals surface area contributed by atoms with Gasteiger partial charge in [-0.3, -0.25) is 14.6 Å². The van der Waals surface area contributed by atoms with E-state index in [2.05, 4.69) is 15.6 Å². The lowest BCUT2D eigenvalue weighted by Crippen LogP contribution is -2.38.